The van der Waals surface area contributed by atoms with Crippen molar-refractivity contribution in [3.63, 3.8) is 0 Å². The van der Waals surface area contributed by atoms with Crippen molar-refractivity contribution < 1.29 is 4.42 Å². The molecule has 0 spiro atoms. The van der Waals surface area contributed by atoms with Crippen molar-refractivity contribution >= 4 is 54.6 Å². The number of hydrogen-bond donors (Lipinski definition) is 0. The Hall–Kier alpha value is -5.74. The monoisotopic (exact) mass is 537 g/mol. The highest BCUT2D eigenvalue weighted by Gasteiger charge is 2.21. The van der Waals surface area contributed by atoms with E-state index in [-0.39, 0.29) is 0 Å². The van der Waals surface area contributed by atoms with Crippen LogP contribution in [0.5, 0.6) is 0 Å². The van der Waals surface area contributed by atoms with Gasteiger partial charge in [0.2, 0.25) is 5.95 Å². The van der Waals surface area contributed by atoms with E-state index in [9.17, 15) is 0 Å². The van der Waals surface area contributed by atoms with Gasteiger partial charge in [-0.25, -0.2) is 9.97 Å². The molecule has 4 nitrogen and oxygen atoms in total. The Balaban J connectivity index is 1.36. The predicted molar refractivity (Wildman–Crippen MR) is 172 cm³/mol. The zero-order valence-corrected chi connectivity index (χ0v) is 22.5. The van der Waals surface area contributed by atoms with Gasteiger partial charge in [0.1, 0.15) is 16.8 Å². The number of para-hydroxylation sites is 2. The topological polar surface area (TPSA) is 43.9 Å². The molecule has 0 saturated carbocycles. The van der Waals surface area contributed by atoms with Crippen LogP contribution in [0.25, 0.3) is 83.0 Å². The Morgan fingerprint density at radius 3 is 2.12 bits per heavy atom. The van der Waals surface area contributed by atoms with Gasteiger partial charge in [0, 0.05) is 21.7 Å². The van der Waals surface area contributed by atoms with Crippen LogP contribution in [0.2, 0.25) is 0 Å². The molecule has 6 aromatic carbocycles. The molecule has 0 radical (unpaired) electrons. The van der Waals surface area contributed by atoms with Gasteiger partial charge in [-0.1, -0.05) is 109 Å². The molecule has 4 heteroatoms. The van der Waals surface area contributed by atoms with Crippen LogP contribution in [0, 0.1) is 0 Å². The molecule has 0 fully saturated rings. The van der Waals surface area contributed by atoms with Gasteiger partial charge in [-0.2, -0.15) is 0 Å². The third-order valence-electron chi connectivity index (χ3n) is 8.23. The summed E-state index contributed by atoms with van der Waals surface area (Å²) in [5.74, 6) is 0.622. The van der Waals surface area contributed by atoms with Crippen LogP contribution in [0.15, 0.2) is 144 Å². The molecular weight excluding hydrogens is 514 g/mol. The second kappa shape index (κ2) is 8.88. The molecule has 9 rings (SSSR count). The minimum absolute atomic E-state index is 0.622. The molecule has 0 saturated heterocycles. The fourth-order valence-electron chi connectivity index (χ4n) is 6.30. The van der Waals surface area contributed by atoms with Gasteiger partial charge in [0.15, 0.2) is 5.58 Å². The first kappa shape index (κ1) is 23.0. The molecule has 0 atom stereocenters. The number of fused-ring (bicyclic) bond motifs is 7. The Kier molecular flexibility index (Phi) is 4.87. The molecule has 196 valence electrons. The van der Waals surface area contributed by atoms with Crippen LogP contribution in [0.1, 0.15) is 0 Å². The van der Waals surface area contributed by atoms with Crippen molar-refractivity contribution in [2.75, 3.05) is 0 Å². The summed E-state index contributed by atoms with van der Waals surface area (Å²) in [5, 5.41) is 5.79. The lowest BCUT2D eigenvalue weighted by molar-refractivity contribution is 0.666. The van der Waals surface area contributed by atoms with E-state index in [1.807, 2.05) is 36.4 Å². The lowest BCUT2D eigenvalue weighted by atomic mass is 9.97. The minimum Gasteiger partial charge on any atom is -0.452 e. The van der Waals surface area contributed by atoms with Crippen molar-refractivity contribution in [3.05, 3.63) is 140 Å². The molecule has 9 aromatic rings. The third kappa shape index (κ3) is 3.36. The quantitative estimate of drug-likeness (QED) is 0.225. The van der Waals surface area contributed by atoms with Crippen LogP contribution >= 0.6 is 0 Å². The standard InChI is InChI=1S/C38H23N3O/c1-2-12-25(13-3-1)35-37-36(30-17-7-9-20-34(30)42-37)40-38(39-35)41-32-19-8-6-16-29(32)31-23-26(21-22-33(31)41)28-18-10-14-24-11-4-5-15-27(24)28/h1-23H. The highest BCUT2D eigenvalue weighted by Crippen LogP contribution is 2.38. The lowest BCUT2D eigenvalue weighted by Gasteiger charge is -2.10. The first-order valence-electron chi connectivity index (χ1n) is 14.1. The average molecular weight is 538 g/mol. The highest BCUT2D eigenvalue weighted by atomic mass is 16.3. The summed E-state index contributed by atoms with van der Waals surface area (Å²) in [6.45, 7) is 0. The molecule has 0 amide bonds. The molecule has 0 unspecified atom stereocenters. The van der Waals surface area contributed by atoms with Gasteiger partial charge in [-0.05, 0) is 52.2 Å². The number of benzene rings is 6. The second-order valence-electron chi connectivity index (χ2n) is 10.6. The first-order valence-corrected chi connectivity index (χ1v) is 14.1. The zero-order chi connectivity index (χ0) is 27.6. The molecule has 42 heavy (non-hydrogen) atoms. The zero-order valence-electron chi connectivity index (χ0n) is 22.5. The van der Waals surface area contributed by atoms with E-state index in [1.54, 1.807) is 0 Å². The van der Waals surface area contributed by atoms with E-state index >= 15 is 0 Å². The number of hydrogen-bond acceptors (Lipinski definition) is 3. The van der Waals surface area contributed by atoms with E-state index in [2.05, 4.69) is 108 Å². The van der Waals surface area contributed by atoms with E-state index in [1.165, 1.54) is 21.9 Å². The van der Waals surface area contributed by atoms with E-state index in [0.29, 0.717) is 11.5 Å². The van der Waals surface area contributed by atoms with Crippen molar-refractivity contribution in [3.8, 4) is 28.3 Å². The molecule has 0 aliphatic carbocycles. The third-order valence-corrected chi connectivity index (χ3v) is 8.23. The van der Waals surface area contributed by atoms with Crippen LogP contribution in [0.3, 0.4) is 0 Å². The Bertz CT molecular complexity index is 2460. The maximum Gasteiger partial charge on any atom is 0.236 e. The van der Waals surface area contributed by atoms with Crippen LogP contribution in [0.4, 0.5) is 0 Å². The molecule has 0 N–H and O–H groups in total. The fourth-order valence-corrected chi connectivity index (χ4v) is 6.30. The van der Waals surface area contributed by atoms with Crippen LogP contribution < -0.4 is 0 Å². The summed E-state index contributed by atoms with van der Waals surface area (Å²) in [6, 6.07) is 48.6. The van der Waals surface area contributed by atoms with Crippen molar-refractivity contribution in [1.29, 1.82) is 0 Å². The van der Waals surface area contributed by atoms with Gasteiger partial charge < -0.3 is 4.42 Å². The smallest absolute Gasteiger partial charge is 0.236 e. The number of nitrogens with zero attached hydrogens (tertiary/aromatic N) is 3. The molecule has 0 aliphatic rings. The Morgan fingerprint density at radius 2 is 1.21 bits per heavy atom. The van der Waals surface area contributed by atoms with Crippen LogP contribution in [-0.2, 0) is 0 Å². The summed E-state index contributed by atoms with van der Waals surface area (Å²) in [6.07, 6.45) is 0. The SMILES string of the molecule is c1ccc(-c2nc(-n3c4ccccc4c4cc(-c5cccc6ccccc56)ccc43)nc3c2oc2ccccc23)cc1. The molecule has 0 bridgehead atoms. The van der Waals surface area contributed by atoms with E-state index in [4.69, 9.17) is 14.4 Å². The number of rotatable bonds is 3. The van der Waals surface area contributed by atoms with Gasteiger partial charge in [-0.15, -0.1) is 0 Å². The molecular formula is C38H23N3O. The fraction of sp³-hybridized carbons (Fsp3) is 0. The lowest BCUT2D eigenvalue weighted by Crippen LogP contribution is -2.02. The van der Waals surface area contributed by atoms with Gasteiger partial charge in [0.05, 0.1) is 11.0 Å². The summed E-state index contributed by atoms with van der Waals surface area (Å²) in [4.78, 5) is 10.4. The van der Waals surface area contributed by atoms with Crippen molar-refractivity contribution in [2.45, 2.75) is 0 Å². The summed E-state index contributed by atoms with van der Waals surface area (Å²) in [7, 11) is 0. The molecule has 0 aliphatic heterocycles. The average Bonchev–Trinajstić information content (AvgIpc) is 3.60. The normalized spacial score (nSPS) is 11.8. The molecule has 3 aromatic heterocycles. The highest BCUT2D eigenvalue weighted by molar-refractivity contribution is 6.12. The second-order valence-corrected chi connectivity index (χ2v) is 10.6. The van der Waals surface area contributed by atoms with E-state index < -0.39 is 0 Å². The van der Waals surface area contributed by atoms with Crippen molar-refractivity contribution in [1.82, 2.24) is 14.5 Å². The maximum atomic E-state index is 6.35. The maximum absolute atomic E-state index is 6.35. The first-order chi connectivity index (χ1) is 20.8. The Labute approximate surface area is 241 Å². The Morgan fingerprint density at radius 1 is 0.500 bits per heavy atom. The van der Waals surface area contributed by atoms with E-state index in [0.717, 1.165) is 49.5 Å². The van der Waals surface area contributed by atoms with Crippen LogP contribution in [-0.4, -0.2) is 14.5 Å². The number of furan rings is 1. The largest absolute Gasteiger partial charge is 0.452 e. The minimum atomic E-state index is 0.622. The summed E-state index contributed by atoms with van der Waals surface area (Å²) in [5.41, 5.74) is 8.62. The van der Waals surface area contributed by atoms with Gasteiger partial charge in [-0.3, -0.25) is 4.57 Å². The molecule has 3 heterocycles. The number of aromatic nitrogens is 3. The van der Waals surface area contributed by atoms with Gasteiger partial charge in [0.25, 0.3) is 0 Å². The summed E-state index contributed by atoms with van der Waals surface area (Å²) < 4.78 is 8.54. The summed E-state index contributed by atoms with van der Waals surface area (Å²) >= 11 is 0. The van der Waals surface area contributed by atoms with Gasteiger partial charge >= 0.3 is 0 Å². The van der Waals surface area contributed by atoms with Crippen molar-refractivity contribution in [2.24, 2.45) is 0 Å². The predicted octanol–water partition coefficient (Wildman–Crippen LogP) is 9.96.